The fourth-order valence-electron chi connectivity index (χ4n) is 1.90. The van der Waals surface area contributed by atoms with Gasteiger partial charge in [-0.25, -0.2) is 0 Å². The lowest BCUT2D eigenvalue weighted by Gasteiger charge is -2.13. The van der Waals surface area contributed by atoms with Gasteiger partial charge in [-0.15, -0.1) is 0 Å². The Bertz CT molecular complexity index is 652. The summed E-state index contributed by atoms with van der Waals surface area (Å²) in [5.41, 5.74) is 2.00. The van der Waals surface area contributed by atoms with Gasteiger partial charge < -0.3 is 9.32 Å². The second-order valence-corrected chi connectivity index (χ2v) is 6.10. The minimum Gasteiger partial charge on any atom is -0.459 e. The van der Waals surface area contributed by atoms with Gasteiger partial charge >= 0.3 is 0 Å². The first kappa shape index (κ1) is 15.6. The number of hydrogen-bond acceptors (Lipinski definition) is 2. The Balaban J connectivity index is 2.08. The van der Waals surface area contributed by atoms with E-state index in [0.717, 1.165) is 27.1 Å². The first-order chi connectivity index (χ1) is 9.95. The van der Waals surface area contributed by atoms with E-state index in [1.807, 2.05) is 50.2 Å². The van der Waals surface area contributed by atoms with Gasteiger partial charge in [0.2, 0.25) is 5.91 Å². The predicted octanol–water partition coefficient (Wildman–Crippen LogP) is 4.63. The Morgan fingerprint density at radius 2 is 1.86 bits per heavy atom. The third-order valence-corrected chi connectivity index (χ3v) is 3.50. The van der Waals surface area contributed by atoms with Crippen molar-refractivity contribution in [2.75, 3.05) is 7.05 Å². The topological polar surface area (TPSA) is 33.5 Å². The molecule has 0 unspecified atom stereocenters. The van der Waals surface area contributed by atoms with Crippen LogP contribution in [0.5, 0.6) is 0 Å². The smallest absolute Gasteiger partial charge is 0.246 e. The molecule has 0 fully saturated rings. The summed E-state index contributed by atoms with van der Waals surface area (Å²) in [6.07, 6.45) is 1.62. The lowest BCUT2D eigenvalue weighted by atomic mass is 10.2. The van der Waals surface area contributed by atoms with Crippen LogP contribution in [0.1, 0.15) is 19.6 Å². The van der Waals surface area contributed by atoms with Crippen LogP contribution in [0.15, 0.2) is 56.9 Å². The van der Waals surface area contributed by atoms with Crippen molar-refractivity contribution in [1.29, 1.82) is 0 Å². The van der Waals surface area contributed by atoms with Gasteiger partial charge in [0, 0.05) is 23.2 Å². The number of halogens is 1. The first-order valence-electron chi connectivity index (χ1n) is 6.70. The van der Waals surface area contributed by atoms with E-state index in [9.17, 15) is 4.79 Å². The largest absolute Gasteiger partial charge is 0.459 e. The van der Waals surface area contributed by atoms with Gasteiger partial charge in [0.25, 0.3) is 0 Å². The number of rotatable bonds is 4. The molecule has 0 spiro atoms. The molecule has 0 atom stereocenters. The molecule has 0 N–H and O–H groups in total. The van der Waals surface area contributed by atoms with Gasteiger partial charge in [0.15, 0.2) is 0 Å². The number of nitrogens with zero attached hydrogens (tertiary/aromatic N) is 1. The summed E-state index contributed by atoms with van der Waals surface area (Å²) in [6.45, 7) is 4.27. The van der Waals surface area contributed by atoms with Gasteiger partial charge in [-0.05, 0) is 38.1 Å². The minimum absolute atomic E-state index is 0.0170. The number of carbonyl (C=O) groups is 1. The molecule has 0 aliphatic rings. The highest BCUT2D eigenvalue weighted by Gasteiger charge is 2.10. The second kappa shape index (κ2) is 6.76. The molecule has 0 aliphatic carbocycles. The van der Waals surface area contributed by atoms with Crippen molar-refractivity contribution in [3.8, 4) is 11.3 Å². The molecular weight excluding hydrogens is 330 g/mol. The zero-order valence-corrected chi connectivity index (χ0v) is 14.0. The highest BCUT2D eigenvalue weighted by molar-refractivity contribution is 9.10. The average molecular weight is 348 g/mol. The molecule has 0 aliphatic heterocycles. The number of hydrogen-bond donors (Lipinski definition) is 0. The number of benzene rings is 1. The summed E-state index contributed by atoms with van der Waals surface area (Å²) < 4.78 is 6.84. The molecule has 1 aromatic heterocycles. The average Bonchev–Trinajstić information content (AvgIpc) is 2.87. The zero-order valence-electron chi connectivity index (χ0n) is 12.4. The Morgan fingerprint density at radius 1 is 1.19 bits per heavy atom. The monoisotopic (exact) mass is 347 g/mol. The van der Waals surface area contributed by atoms with Crippen molar-refractivity contribution in [3.05, 3.63) is 58.3 Å². The third kappa shape index (κ3) is 4.33. The van der Waals surface area contributed by atoms with Crippen LogP contribution in [0, 0.1) is 0 Å². The molecular formula is C17H18BrNO2. The van der Waals surface area contributed by atoms with Crippen LogP contribution in [0.4, 0.5) is 0 Å². The number of amides is 1. The molecule has 2 aromatic rings. The van der Waals surface area contributed by atoms with Crippen molar-refractivity contribution in [2.45, 2.75) is 20.4 Å². The van der Waals surface area contributed by atoms with Crippen LogP contribution in [0.3, 0.4) is 0 Å². The van der Waals surface area contributed by atoms with Gasteiger partial charge in [-0.2, -0.15) is 0 Å². The Kier molecular flexibility index (Phi) is 5.02. The van der Waals surface area contributed by atoms with Crippen molar-refractivity contribution in [3.63, 3.8) is 0 Å². The first-order valence-corrected chi connectivity index (χ1v) is 7.49. The molecule has 1 aromatic carbocycles. The molecule has 3 nitrogen and oxygen atoms in total. The van der Waals surface area contributed by atoms with Gasteiger partial charge in [0.05, 0.1) is 6.54 Å². The van der Waals surface area contributed by atoms with Crippen LogP contribution < -0.4 is 0 Å². The molecule has 1 amide bonds. The van der Waals surface area contributed by atoms with E-state index in [-0.39, 0.29) is 5.91 Å². The Hall–Kier alpha value is -1.81. The summed E-state index contributed by atoms with van der Waals surface area (Å²) in [6, 6.07) is 11.8. The summed E-state index contributed by atoms with van der Waals surface area (Å²) in [5, 5.41) is 0. The van der Waals surface area contributed by atoms with Crippen LogP contribution in [-0.2, 0) is 11.3 Å². The summed E-state index contributed by atoms with van der Waals surface area (Å²) in [5.74, 6) is 1.56. The van der Waals surface area contributed by atoms with Crippen LogP contribution in [0.25, 0.3) is 11.3 Å². The van der Waals surface area contributed by atoms with Gasteiger partial charge in [-0.1, -0.05) is 33.6 Å². The molecule has 0 radical (unpaired) electrons. The van der Waals surface area contributed by atoms with Crippen molar-refractivity contribution in [1.82, 2.24) is 4.90 Å². The molecule has 21 heavy (non-hydrogen) atoms. The second-order valence-electron chi connectivity index (χ2n) is 5.19. The molecule has 0 saturated carbocycles. The SMILES string of the molecule is CC(C)=CC(=O)N(C)Cc1ccc(-c2ccc(Br)cc2)o1. The van der Waals surface area contributed by atoms with Gasteiger partial charge in [-0.3, -0.25) is 4.79 Å². The summed E-state index contributed by atoms with van der Waals surface area (Å²) >= 11 is 3.41. The normalized spacial score (nSPS) is 10.3. The highest BCUT2D eigenvalue weighted by Crippen LogP contribution is 2.24. The zero-order chi connectivity index (χ0) is 15.4. The number of likely N-dealkylation sites (N-methyl/N-ethyl adjacent to an activating group) is 1. The molecule has 0 bridgehead atoms. The maximum Gasteiger partial charge on any atom is 0.246 e. The minimum atomic E-state index is -0.0170. The predicted molar refractivity (Wildman–Crippen MR) is 87.7 cm³/mol. The quantitative estimate of drug-likeness (QED) is 0.755. The lowest BCUT2D eigenvalue weighted by molar-refractivity contribution is -0.125. The number of furan rings is 1. The standard InChI is InChI=1S/C17H18BrNO2/c1-12(2)10-17(20)19(3)11-15-8-9-16(21-15)13-4-6-14(18)7-5-13/h4-10H,11H2,1-3H3. The maximum absolute atomic E-state index is 11.9. The number of allylic oxidation sites excluding steroid dienone is 1. The maximum atomic E-state index is 11.9. The van der Waals surface area contributed by atoms with E-state index >= 15 is 0 Å². The van der Waals surface area contributed by atoms with E-state index in [1.165, 1.54) is 0 Å². The van der Waals surface area contributed by atoms with E-state index in [4.69, 9.17) is 4.42 Å². The molecule has 110 valence electrons. The van der Waals surface area contributed by atoms with E-state index < -0.39 is 0 Å². The van der Waals surface area contributed by atoms with Crippen molar-refractivity contribution < 1.29 is 9.21 Å². The molecule has 2 rings (SSSR count). The van der Waals surface area contributed by atoms with Crippen LogP contribution in [0.2, 0.25) is 0 Å². The van der Waals surface area contributed by atoms with Crippen LogP contribution >= 0.6 is 15.9 Å². The van der Waals surface area contributed by atoms with Gasteiger partial charge in [0.1, 0.15) is 11.5 Å². The Labute approximate surface area is 133 Å². The fourth-order valence-corrected chi connectivity index (χ4v) is 2.17. The van der Waals surface area contributed by atoms with Crippen LogP contribution in [-0.4, -0.2) is 17.9 Å². The lowest BCUT2D eigenvalue weighted by Crippen LogP contribution is -2.24. The molecule has 0 saturated heterocycles. The fraction of sp³-hybridized carbons (Fsp3) is 0.235. The Morgan fingerprint density at radius 3 is 2.48 bits per heavy atom. The van der Waals surface area contributed by atoms with Crippen molar-refractivity contribution in [2.24, 2.45) is 0 Å². The summed E-state index contributed by atoms with van der Waals surface area (Å²) in [4.78, 5) is 13.5. The highest BCUT2D eigenvalue weighted by atomic mass is 79.9. The van der Waals surface area contributed by atoms with Crippen molar-refractivity contribution >= 4 is 21.8 Å². The molecule has 1 heterocycles. The van der Waals surface area contributed by atoms with E-state index in [1.54, 1.807) is 18.0 Å². The number of carbonyl (C=O) groups excluding carboxylic acids is 1. The van der Waals surface area contributed by atoms with E-state index in [2.05, 4.69) is 15.9 Å². The molecule has 4 heteroatoms. The summed E-state index contributed by atoms with van der Waals surface area (Å²) in [7, 11) is 1.77. The third-order valence-electron chi connectivity index (χ3n) is 2.97. The van der Waals surface area contributed by atoms with E-state index in [0.29, 0.717) is 6.54 Å².